The summed E-state index contributed by atoms with van der Waals surface area (Å²) in [5, 5.41) is 2.80. The van der Waals surface area contributed by atoms with Gasteiger partial charge in [-0.1, -0.05) is 18.2 Å². The van der Waals surface area contributed by atoms with Gasteiger partial charge in [0, 0.05) is 17.6 Å². The van der Waals surface area contributed by atoms with Crippen molar-refractivity contribution >= 4 is 38.0 Å². The van der Waals surface area contributed by atoms with Crippen LogP contribution in [0.3, 0.4) is 0 Å². The van der Waals surface area contributed by atoms with Crippen molar-refractivity contribution in [3.05, 3.63) is 47.5 Å². The van der Waals surface area contributed by atoms with Crippen molar-refractivity contribution in [2.24, 2.45) is 0 Å². The van der Waals surface area contributed by atoms with E-state index in [1.807, 2.05) is 38.1 Å². The minimum Gasteiger partial charge on any atom is -0.357 e. The fourth-order valence-electron chi connectivity index (χ4n) is 2.48. The lowest BCUT2D eigenvalue weighted by Gasteiger charge is -2.22. The van der Waals surface area contributed by atoms with E-state index < -0.39 is 10.0 Å². The quantitative estimate of drug-likeness (QED) is 0.796. The SMILES string of the molecule is CCN(c1cccc2cc(C)[nH]c12)S(=O)(=O)c1cccs1. The molecule has 2 aromatic heterocycles. The van der Waals surface area contributed by atoms with Crippen LogP contribution in [0.5, 0.6) is 0 Å². The molecule has 3 rings (SSSR count). The summed E-state index contributed by atoms with van der Waals surface area (Å²) >= 11 is 1.24. The highest BCUT2D eigenvalue weighted by atomic mass is 32.2. The van der Waals surface area contributed by atoms with Gasteiger partial charge in [-0.25, -0.2) is 8.42 Å². The molecule has 0 fully saturated rings. The van der Waals surface area contributed by atoms with E-state index in [-0.39, 0.29) is 0 Å². The number of rotatable bonds is 4. The summed E-state index contributed by atoms with van der Waals surface area (Å²) < 4.78 is 27.4. The molecule has 0 saturated heterocycles. The molecule has 110 valence electrons. The summed E-state index contributed by atoms with van der Waals surface area (Å²) in [7, 11) is -3.51. The molecule has 1 N–H and O–H groups in total. The van der Waals surface area contributed by atoms with Crippen molar-refractivity contribution in [1.29, 1.82) is 0 Å². The molecular weight excluding hydrogens is 304 g/mol. The van der Waals surface area contributed by atoms with E-state index in [0.29, 0.717) is 16.4 Å². The number of hydrogen-bond donors (Lipinski definition) is 1. The lowest BCUT2D eigenvalue weighted by Crippen LogP contribution is -2.30. The Morgan fingerprint density at radius 1 is 1.24 bits per heavy atom. The third-order valence-electron chi connectivity index (χ3n) is 3.36. The van der Waals surface area contributed by atoms with E-state index in [1.165, 1.54) is 15.6 Å². The molecule has 0 aliphatic heterocycles. The maximum Gasteiger partial charge on any atom is 0.273 e. The second kappa shape index (κ2) is 5.20. The Labute approximate surface area is 128 Å². The third kappa shape index (κ3) is 2.34. The van der Waals surface area contributed by atoms with Crippen LogP contribution in [0.4, 0.5) is 5.69 Å². The fourth-order valence-corrected chi connectivity index (χ4v) is 5.07. The summed E-state index contributed by atoms with van der Waals surface area (Å²) in [6, 6.07) is 11.1. The van der Waals surface area contributed by atoms with Gasteiger partial charge in [-0.05, 0) is 37.4 Å². The first-order valence-corrected chi connectivity index (χ1v) is 9.00. The lowest BCUT2D eigenvalue weighted by atomic mass is 10.2. The Kier molecular flexibility index (Phi) is 3.51. The lowest BCUT2D eigenvalue weighted by molar-refractivity contribution is 0.594. The summed E-state index contributed by atoms with van der Waals surface area (Å²) in [4.78, 5) is 3.26. The van der Waals surface area contributed by atoms with Crippen molar-refractivity contribution < 1.29 is 8.42 Å². The Morgan fingerprint density at radius 2 is 2.05 bits per heavy atom. The van der Waals surface area contributed by atoms with Crippen molar-refractivity contribution in [2.75, 3.05) is 10.8 Å². The van der Waals surface area contributed by atoms with Gasteiger partial charge in [0.05, 0.1) is 11.2 Å². The second-order valence-corrected chi connectivity index (χ2v) is 7.83. The van der Waals surface area contributed by atoms with Gasteiger partial charge >= 0.3 is 0 Å². The summed E-state index contributed by atoms with van der Waals surface area (Å²) in [5.41, 5.74) is 2.57. The van der Waals surface area contributed by atoms with Crippen LogP contribution >= 0.6 is 11.3 Å². The highest BCUT2D eigenvalue weighted by Gasteiger charge is 2.26. The van der Waals surface area contributed by atoms with Crippen LogP contribution in [-0.2, 0) is 10.0 Å². The Morgan fingerprint density at radius 3 is 2.71 bits per heavy atom. The maximum atomic E-state index is 12.8. The number of thiophene rings is 1. The van der Waals surface area contributed by atoms with Crippen LogP contribution < -0.4 is 4.31 Å². The van der Waals surface area contributed by atoms with Gasteiger partial charge in [0.2, 0.25) is 0 Å². The van der Waals surface area contributed by atoms with Gasteiger partial charge in [-0.15, -0.1) is 11.3 Å². The number of hydrogen-bond acceptors (Lipinski definition) is 3. The molecule has 0 amide bonds. The van der Waals surface area contributed by atoms with Crippen LogP contribution in [0.2, 0.25) is 0 Å². The Balaban J connectivity index is 2.19. The zero-order valence-corrected chi connectivity index (χ0v) is 13.5. The molecule has 2 heterocycles. The average Bonchev–Trinajstić information content (AvgIpc) is 3.07. The molecule has 0 atom stereocenters. The number of sulfonamides is 1. The van der Waals surface area contributed by atoms with E-state index in [2.05, 4.69) is 4.98 Å². The zero-order valence-electron chi connectivity index (χ0n) is 11.8. The van der Waals surface area contributed by atoms with Crippen LogP contribution in [0.1, 0.15) is 12.6 Å². The molecule has 0 unspecified atom stereocenters. The molecule has 21 heavy (non-hydrogen) atoms. The van der Waals surface area contributed by atoms with Crippen molar-refractivity contribution in [3.63, 3.8) is 0 Å². The summed E-state index contributed by atoms with van der Waals surface area (Å²) in [5.74, 6) is 0. The molecule has 3 aromatic rings. The first-order chi connectivity index (χ1) is 10.0. The van der Waals surface area contributed by atoms with Gasteiger partial charge in [-0.3, -0.25) is 4.31 Å². The van der Waals surface area contributed by atoms with Crippen LogP contribution in [0.15, 0.2) is 46.0 Å². The molecule has 0 bridgehead atoms. The van der Waals surface area contributed by atoms with Crippen molar-refractivity contribution in [3.8, 4) is 0 Å². The smallest absolute Gasteiger partial charge is 0.273 e. The summed E-state index contributed by atoms with van der Waals surface area (Å²) in [6.07, 6.45) is 0. The number of benzene rings is 1. The van der Waals surface area contributed by atoms with Gasteiger partial charge in [0.1, 0.15) is 4.21 Å². The van der Waals surface area contributed by atoms with E-state index in [1.54, 1.807) is 17.5 Å². The molecule has 0 spiro atoms. The highest BCUT2D eigenvalue weighted by Crippen LogP contribution is 2.32. The number of H-pyrrole nitrogens is 1. The molecule has 0 aliphatic carbocycles. The number of aromatic amines is 1. The predicted molar refractivity (Wildman–Crippen MR) is 87.6 cm³/mol. The number of para-hydroxylation sites is 1. The van der Waals surface area contributed by atoms with Crippen LogP contribution in [-0.4, -0.2) is 19.9 Å². The zero-order chi connectivity index (χ0) is 15.0. The van der Waals surface area contributed by atoms with Crippen LogP contribution in [0.25, 0.3) is 10.9 Å². The number of fused-ring (bicyclic) bond motifs is 1. The highest BCUT2D eigenvalue weighted by molar-refractivity contribution is 7.94. The first-order valence-electron chi connectivity index (χ1n) is 6.68. The minimum atomic E-state index is -3.51. The monoisotopic (exact) mass is 320 g/mol. The number of aryl methyl sites for hydroxylation is 1. The minimum absolute atomic E-state index is 0.365. The number of anilines is 1. The predicted octanol–water partition coefficient (Wildman–Crippen LogP) is 3.75. The molecular formula is C15H16N2O2S2. The third-order valence-corrected chi connectivity index (χ3v) is 6.63. The second-order valence-electron chi connectivity index (χ2n) is 4.80. The normalized spacial score (nSPS) is 11.9. The Hall–Kier alpha value is -1.79. The molecule has 0 radical (unpaired) electrons. The van der Waals surface area contributed by atoms with Crippen LogP contribution in [0, 0.1) is 6.92 Å². The average molecular weight is 320 g/mol. The number of nitrogens with zero attached hydrogens (tertiary/aromatic N) is 1. The summed E-state index contributed by atoms with van der Waals surface area (Å²) in [6.45, 7) is 4.20. The van der Waals surface area contributed by atoms with E-state index in [4.69, 9.17) is 0 Å². The topological polar surface area (TPSA) is 53.2 Å². The number of nitrogens with one attached hydrogen (secondary N) is 1. The molecule has 6 heteroatoms. The maximum absolute atomic E-state index is 12.8. The van der Waals surface area contributed by atoms with E-state index >= 15 is 0 Å². The number of aromatic nitrogens is 1. The van der Waals surface area contributed by atoms with E-state index in [9.17, 15) is 8.42 Å². The van der Waals surface area contributed by atoms with Gasteiger partial charge in [-0.2, -0.15) is 0 Å². The molecule has 4 nitrogen and oxygen atoms in total. The molecule has 1 aromatic carbocycles. The molecule has 0 saturated carbocycles. The van der Waals surface area contributed by atoms with Gasteiger partial charge < -0.3 is 4.98 Å². The van der Waals surface area contributed by atoms with E-state index in [0.717, 1.165) is 16.6 Å². The van der Waals surface area contributed by atoms with Crippen molar-refractivity contribution in [2.45, 2.75) is 18.1 Å². The fraction of sp³-hybridized carbons (Fsp3) is 0.200. The standard InChI is InChI=1S/C15H16N2O2S2/c1-3-17(21(18,19)14-8-5-9-20-14)13-7-4-6-12-10-11(2)16-15(12)13/h4-10,16H,3H2,1-2H3. The van der Waals surface area contributed by atoms with Crippen molar-refractivity contribution in [1.82, 2.24) is 4.98 Å². The van der Waals surface area contributed by atoms with Gasteiger partial charge in [0.25, 0.3) is 10.0 Å². The van der Waals surface area contributed by atoms with Gasteiger partial charge in [0.15, 0.2) is 0 Å². The largest absolute Gasteiger partial charge is 0.357 e. The molecule has 0 aliphatic rings. The Bertz CT molecular complexity index is 864. The first kappa shape index (κ1) is 14.2.